The average Bonchev–Trinajstić information content (AvgIpc) is 2.47. The van der Waals surface area contributed by atoms with Gasteiger partial charge in [-0.2, -0.15) is 60.0 Å². The summed E-state index contributed by atoms with van der Waals surface area (Å²) in [6.07, 6.45) is -4.70. The molecule has 0 aliphatic rings. The van der Waals surface area contributed by atoms with Gasteiger partial charge in [0, 0.05) is 26.7 Å². The number of benzene rings is 2. The summed E-state index contributed by atoms with van der Waals surface area (Å²) in [5.74, 6) is -2.08. The van der Waals surface area contributed by atoms with Gasteiger partial charge in [-0.15, -0.1) is 5.10 Å². The first-order valence-corrected chi connectivity index (χ1v) is 31.1. The number of alkyl halides is 5. The molecule has 5 amide bonds. The lowest BCUT2D eigenvalue weighted by atomic mass is 10.1. The van der Waals surface area contributed by atoms with Crippen LogP contribution < -0.4 is 50.0 Å². The first-order valence-electron chi connectivity index (χ1n) is 23.7. The molecule has 0 saturated heterocycles. The van der Waals surface area contributed by atoms with Gasteiger partial charge in [0.1, 0.15) is 11.6 Å². The van der Waals surface area contributed by atoms with Gasteiger partial charge in [0.05, 0.1) is 78.4 Å². The zero-order valence-electron chi connectivity index (χ0n) is 46.9. The average molecular weight is 1390 g/mol. The molecule has 9 N–H and O–H groups in total. The molecule has 488 valence electrons. The van der Waals surface area contributed by atoms with Crippen molar-refractivity contribution in [2.45, 2.75) is 49.3 Å². The maximum Gasteiger partial charge on any atom is 0.389 e. The molecule has 2 aromatic carbocycles. The lowest BCUT2D eigenvalue weighted by Gasteiger charge is -2.14. The minimum atomic E-state index is -4.46. The predicted octanol–water partition coefficient (Wildman–Crippen LogP) is 3.51. The van der Waals surface area contributed by atoms with Crippen LogP contribution in [-0.2, 0) is 45.9 Å². The van der Waals surface area contributed by atoms with Crippen LogP contribution in [-0.4, -0.2) is 174 Å². The number of sulfonamides is 3. The largest absolute Gasteiger partial charge is 0.481 e. The number of aryl methyl sites for hydroxylation is 3. The van der Waals surface area contributed by atoms with E-state index in [1.807, 2.05) is 0 Å². The molecular weight excluding hydrogens is 1330 g/mol. The molecule has 0 bridgehead atoms. The first-order chi connectivity index (χ1) is 41.1. The third-order valence-electron chi connectivity index (χ3n) is 9.84. The van der Waals surface area contributed by atoms with Crippen molar-refractivity contribution in [2.75, 3.05) is 69.9 Å². The SMILES string of the molecule is COc1cc(OC)nc(NC(=O)NS(=O)(=O)c2ncccc2C(=O)N(C)C)n1.COc1nc(C)nc(NC(=O)NS(=O)(=O)c2ccccc2CCC(F)(F)F)n1.Cc1nn(-c2cc(NS(C)(=O)=O)c(Cl)cc2Cl)c(=O)n1C(F)F.O=C(O)CNCP(=O)(O)O. The molecule has 0 atom stereocenters. The fraction of sp³-hybridized carbons (Fsp3) is 0.318. The van der Waals surface area contributed by atoms with Crippen LogP contribution in [0.2, 0.25) is 10.0 Å². The molecule has 0 aliphatic carbocycles. The normalized spacial score (nSPS) is 11.4. The Morgan fingerprint density at radius 1 is 0.798 bits per heavy atom. The van der Waals surface area contributed by atoms with Gasteiger partial charge < -0.3 is 34.0 Å². The summed E-state index contributed by atoms with van der Waals surface area (Å²) in [7, 11) is -9.74. The summed E-state index contributed by atoms with van der Waals surface area (Å²) >= 11 is 11.8. The van der Waals surface area contributed by atoms with Crippen LogP contribution in [0.15, 0.2) is 75.5 Å². The number of carbonyl (C=O) groups excluding carboxylic acids is 3. The maximum atomic E-state index is 12.8. The minimum absolute atomic E-state index is 0.0257. The number of amides is 5. The Bertz CT molecular complexity index is 3980. The number of hydrogen-bond acceptors (Lipinski definition) is 23. The Balaban J connectivity index is 0.000000325. The minimum Gasteiger partial charge on any atom is -0.481 e. The fourth-order valence-corrected chi connectivity index (χ4v) is 10.0. The van der Waals surface area contributed by atoms with Crippen LogP contribution >= 0.6 is 30.8 Å². The Hall–Kier alpha value is -8.51. The van der Waals surface area contributed by atoms with E-state index in [2.05, 4.69) is 55.7 Å². The highest BCUT2D eigenvalue weighted by Gasteiger charge is 2.30. The number of rotatable bonds is 20. The number of methoxy groups -OCH3 is 3. The summed E-state index contributed by atoms with van der Waals surface area (Å²) in [5.41, 5.74) is -1.53. The van der Waals surface area contributed by atoms with Crippen molar-refractivity contribution in [1.82, 2.24) is 63.9 Å². The van der Waals surface area contributed by atoms with Crippen molar-refractivity contribution in [3.63, 3.8) is 0 Å². The second kappa shape index (κ2) is 32.1. The lowest BCUT2D eigenvalue weighted by molar-refractivity contribution is -0.136. The van der Waals surface area contributed by atoms with Gasteiger partial charge in [0.25, 0.3) is 26.0 Å². The smallest absolute Gasteiger partial charge is 0.389 e. The third kappa shape index (κ3) is 24.5. The van der Waals surface area contributed by atoms with E-state index in [-0.39, 0.29) is 78.4 Å². The van der Waals surface area contributed by atoms with Gasteiger partial charge in [0.15, 0.2) is 5.03 Å². The third-order valence-corrected chi connectivity index (χ3v) is 14.4. The molecule has 0 fully saturated rings. The highest BCUT2D eigenvalue weighted by atomic mass is 35.5. The molecule has 6 aromatic rings. The molecular formula is C44H52Cl2F5N16O18PS3. The summed E-state index contributed by atoms with van der Waals surface area (Å²) in [6.45, 7) is -0.786. The van der Waals surface area contributed by atoms with Gasteiger partial charge in [-0.05, 0) is 56.2 Å². The van der Waals surface area contributed by atoms with E-state index in [4.69, 9.17) is 52.3 Å². The summed E-state index contributed by atoms with van der Waals surface area (Å²) in [4.78, 5) is 98.0. The molecule has 0 spiro atoms. The monoisotopic (exact) mass is 1380 g/mol. The Morgan fingerprint density at radius 3 is 1.88 bits per heavy atom. The highest BCUT2D eigenvalue weighted by Crippen LogP contribution is 2.33. The van der Waals surface area contributed by atoms with E-state index >= 15 is 0 Å². The maximum absolute atomic E-state index is 12.8. The lowest BCUT2D eigenvalue weighted by Crippen LogP contribution is -2.36. The molecule has 4 heterocycles. The molecule has 89 heavy (non-hydrogen) atoms. The van der Waals surface area contributed by atoms with Gasteiger partial charge >= 0.3 is 50.1 Å². The van der Waals surface area contributed by atoms with E-state index in [1.54, 1.807) is 9.44 Å². The molecule has 0 aliphatic heterocycles. The molecule has 6 rings (SSSR count). The van der Waals surface area contributed by atoms with E-state index in [0.717, 1.165) is 18.4 Å². The highest BCUT2D eigenvalue weighted by molar-refractivity contribution is 7.92. The molecule has 0 radical (unpaired) electrons. The zero-order valence-corrected chi connectivity index (χ0v) is 51.8. The molecule has 45 heteroatoms. The van der Waals surface area contributed by atoms with Gasteiger partial charge in [0.2, 0.25) is 33.7 Å². The van der Waals surface area contributed by atoms with Gasteiger partial charge in [-0.25, -0.2) is 50.2 Å². The van der Waals surface area contributed by atoms with Crippen LogP contribution in [0.1, 0.15) is 40.5 Å². The number of nitrogens with one attached hydrogen (secondary N) is 6. The Labute approximate surface area is 510 Å². The Morgan fingerprint density at radius 2 is 1.37 bits per heavy atom. The summed E-state index contributed by atoms with van der Waals surface area (Å²) in [6, 6.07) is 9.02. The number of carbonyl (C=O) groups is 4. The Kier molecular flexibility index (Phi) is 27.0. The molecule has 34 nitrogen and oxygen atoms in total. The van der Waals surface area contributed by atoms with Crippen molar-refractivity contribution >= 4 is 102 Å². The van der Waals surface area contributed by atoms with E-state index in [1.165, 1.54) is 103 Å². The number of nitrogens with zero attached hydrogens (tertiary/aromatic N) is 10. The second-order valence-electron chi connectivity index (χ2n) is 17.1. The van der Waals surface area contributed by atoms with Crippen molar-refractivity contribution in [2.24, 2.45) is 0 Å². The van der Waals surface area contributed by atoms with Crippen molar-refractivity contribution < 1.29 is 100 Å². The topological polar surface area (TPSA) is 469 Å². The van der Waals surface area contributed by atoms with Crippen molar-refractivity contribution in [1.29, 1.82) is 0 Å². The number of ether oxygens (including phenoxy) is 3. The van der Waals surface area contributed by atoms with E-state index < -0.39 is 116 Å². The number of anilines is 3. The fourth-order valence-electron chi connectivity index (χ4n) is 6.28. The molecule has 0 saturated carbocycles. The summed E-state index contributed by atoms with van der Waals surface area (Å²) < 4.78 is 167. The van der Waals surface area contributed by atoms with Crippen LogP contribution in [0.3, 0.4) is 0 Å². The van der Waals surface area contributed by atoms with Crippen LogP contribution in [0.25, 0.3) is 5.69 Å². The van der Waals surface area contributed by atoms with Crippen LogP contribution in [0.5, 0.6) is 17.8 Å². The molecule has 0 unspecified atom stereocenters. The number of carboxylic acids is 1. The van der Waals surface area contributed by atoms with E-state index in [9.17, 15) is 75.7 Å². The second-order valence-corrected chi connectivity index (χ2v) is 24.5. The van der Waals surface area contributed by atoms with Crippen LogP contribution in [0, 0.1) is 13.8 Å². The van der Waals surface area contributed by atoms with Gasteiger partial charge in [-0.3, -0.25) is 34.8 Å². The quantitative estimate of drug-likeness (QED) is 0.0390. The number of urea groups is 2. The summed E-state index contributed by atoms with van der Waals surface area (Å²) in [5, 5.41) is 17.4. The first kappa shape index (κ1) is 74.7. The number of aromatic nitrogens is 9. The van der Waals surface area contributed by atoms with Crippen LogP contribution in [0.4, 0.5) is 49.1 Å². The van der Waals surface area contributed by atoms with Gasteiger partial charge in [-0.1, -0.05) is 41.4 Å². The molecule has 4 aromatic heterocycles. The number of halogens is 7. The predicted molar refractivity (Wildman–Crippen MR) is 303 cm³/mol. The number of hydrogen-bond donors (Lipinski definition) is 9. The van der Waals surface area contributed by atoms with Crippen molar-refractivity contribution in [3.05, 3.63) is 104 Å². The number of pyridine rings is 1. The van der Waals surface area contributed by atoms with E-state index in [0.29, 0.717) is 4.68 Å². The number of aliphatic carboxylic acids is 1. The number of carboxylic acid groups (broad SMARTS) is 1. The standard InChI is InChI=1S/C15H16F3N5O4S.C15H18N6O6S.C11H10Cl2F2N4O3S.C3H8NO5P/c1-9-19-12(22-14(20-9)27-2)21-13(24)23-28(25,26)11-6-4-3-5-10(11)7-8-15(16,17)18;1-21(2)13(22)9-6-5-7-16-12(9)28(24,25)20-15(23)19-14-17-10(26-3)8-11(18-14)27-4;1-5-16-19(11(20)18(5)10(14)15)9-4-8(17-23(2,21)22)6(12)3-7(9)13;5-3(6)1-4-2-10(7,8)9/h3-6H,7-8H2,1-2H3,(H2,19,20,21,22,23,24);5-8H,1-4H3,(H2,17,18,19,20,23);3-4,10,17H,1-2H3;4H,1-2H2,(H,5,6)(H2,7,8,9). The zero-order chi connectivity index (χ0) is 67.6. The van der Waals surface area contributed by atoms with Crippen molar-refractivity contribution in [3.8, 4) is 23.5 Å².